The van der Waals surface area contributed by atoms with E-state index in [0.29, 0.717) is 36.2 Å². The van der Waals surface area contributed by atoms with Crippen molar-refractivity contribution in [1.29, 1.82) is 0 Å². The van der Waals surface area contributed by atoms with E-state index in [2.05, 4.69) is 20.4 Å². The van der Waals surface area contributed by atoms with E-state index in [1.54, 1.807) is 24.2 Å². The van der Waals surface area contributed by atoms with E-state index in [0.717, 1.165) is 23.9 Å². The van der Waals surface area contributed by atoms with Crippen LogP contribution in [0.1, 0.15) is 41.4 Å². The molecular formula is C24H23F3N6O. The maximum Gasteiger partial charge on any atom is 0.416 e. The summed E-state index contributed by atoms with van der Waals surface area (Å²) in [5.41, 5.74) is 2.03. The van der Waals surface area contributed by atoms with Gasteiger partial charge >= 0.3 is 6.18 Å². The Morgan fingerprint density at radius 3 is 2.71 bits per heavy atom. The van der Waals surface area contributed by atoms with E-state index in [-0.39, 0.29) is 5.56 Å². The molecule has 7 nitrogen and oxygen atoms in total. The molecule has 5 rings (SSSR count). The topological polar surface area (TPSA) is 69.8 Å². The molecule has 0 amide bonds. The molecule has 0 radical (unpaired) electrons. The molecule has 1 aliphatic rings. The van der Waals surface area contributed by atoms with Crippen molar-refractivity contribution in [2.24, 2.45) is 0 Å². The van der Waals surface area contributed by atoms with E-state index in [9.17, 15) is 13.2 Å². The van der Waals surface area contributed by atoms with Gasteiger partial charge in [-0.25, -0.2) is 9.67 Å². The van der Waals surface area contributed by atoms with Crippen molar-refractivity contribution in [3.63, 3.8) is 0 Å². The number of anilines is 2. The number of fused-ring (bicyclic) bond motifs is 1. The van der Waals surface area contributed by atoms with Crippen molar-refractivity contribution < 1.29 is 17.9 Å². The predicted molar refractivity (Wildman–Crippen MR) is 121 cm³/mol. The van der Waals surface area contributed by atoms with Crippen LogP contribution in [0, 0.1) is 6.92 Å². The summed E-state index contributed by atoms with van der Waals surface area (Å²) in [6, 6.07) is 11.3. The summed E-state index contributed by atoms with van der Waals surface area (Å²) >= 11 is 0. The fourth-order valence-electron chi connectivity index (χ4n) is 4.41. The molecule has 3 heterocycles. The van der Waals surface area contributed by atoms with Gasteiger partial charge in [-0.3, -0.25) is 0 Å². The molecule has 1 unspecified atom stereocenters. The molecule has 4 aromatic rings. The van der Waals surface area contributed by atoms with Crippen LogP contribution in [0.5, 0.6) is 5.75 Å². The quantitative estimate of drug-likeness (QED) is 0.421. The lowest BCUT2D eigenvalue weighted by molar-refractivity contribution is -0.138. The first kappa shape index (κ1) is 22.0. The van der Waals surface area contributed by atoms with Crippen LogP contribution in [0.3, 0.4) is 0 Å². The summed E-state index contributed by atoms with van der Waals surface area (Å²) in [5, 5.41) is 7.68. The van der Waals surface area contributed by atoms with Gasteiger partial charge in [-0.1, -0.05) is 18.2 Å². The normalized spacial score (nSPS) is 15.7. The number of rotatable bonds is 5. The lowest BCUT2D eigenvalue weighted by Crippen LogP contribution is -2.21. The van der Waals surface area contributed by atoms with Gasteiger partial charge in [-0.05, 0) is 43.5 Å². The highest BCUT2D eigenvalue weighted by molar-refractivity contribution is 5.62. The number of aromatic nitrogens is 5. The fourth-order valence-corrected chi connectivity index (χ4v) is 4.41. The van der Waals surface area contributed by atoms with Gasteiger partial charge in [-0.2, -0.15) is 18.2 Å². The molecule has 10 heteroatoms. The van der Waals surface area contributed by atoms with Crippen LogP contribution in [0.4, 0.5) is 24.8 Å². The Morgan fingerprint density at radius 1 is 1.15 bits per heavy atom. The Morgan fingerprint density at radius 2 is 1.97 bits per heavy atom. The Balaban J connectivity index is 1.45. The van der Waals surface area contributed by atoms with E-state index < -0.39 is 17.7 Å². The van der Waals surface area contributed by atoms with Gasteiger partial charge in [0.15, 0.2) is 0 Å². The first-order chi connectivity index (χ1) is 16.3. The Bertz CT molecular complexity index is 1330. The minimum atomic E-state index is -4.42. The summed E-state index contributed by atoms with van der Waals surface area (Å²) in [7, 11) is 1.59. The Labute approximate surface area is 194 Å². The summed E-state index contributed by atoms with van der Waals surface area (Å²) in [5.74, 6) is 1.02. The molecular weight excluding hydrogens is 445 g/mol. The molecule has 2 aromatic heterocycles. The van der Waals surface area contributed by atoms with Crippen molar-refractivity contribution in [2.75, 3.05) is 12.4 Å². The van der Waals surface area contributed by atoms with Gasteiger partial charge in [0.05, 0.1) is 30.4 Å². The number of halogens is 3. The molecule has 1 aliphatic heterocycles. The molecule has 0 aliphatic carbocycles. The molecule has 0 spiro atoms. The monoisotopic (exact) mass is 468 g/mol. The number of hydrogen-bond acceptors (Lipinski definition) is 5. The Kier molecular flexibility index (Phi) is 5.51. The van der Waals surface area contributed by atoms with Crippen molar-refractivity contribution in [1.82, 2.24) is 24.3 Å². The van der Waals surface area contributed by atoms with Crippen LogP contribution < -0.4 is 10.1 Å². The molecule has 176 valence electrons. The van der Waals surface area contributed by atoms with Gasteiger partial charge < -0.3 is 14.6 Å². The Hall–Kier alpha value is -3.82. The largest absolute Gasteiger partial charge is 0.494 e. The minimum absolute atomic E-state index is 0.233. The summed E-state index contributed by atoms with van der Waals surface area (Å²) in [6.45, 7) is 2.52. The number of nitrogens with one attached hydrogen (secondary N) is 1. The van der Waals surface area contributed by atoms with Gasteiger partial charge in [0.25, 0.3) is 0 Å². The van der Waals surface area contributed by atoms with Gasteiger partial charge in [0, 0.05) is 30.4 Å². The van der Waals surface area contributed by atoms with Crippen LogP contribution in [-0.2, 0) is 12.7 Å². The van der Waals surface area contributed by atoms with Crippen LogP contribution in [0.25, 0.3) is 5.69 Å². The minimum Gasteiger partial charge on any atom is -0.494 e. The molecule has 0 saturated heterocycles. The highest BCUT2D eigenvalue weighted by atomic mass is 19.4. The molecule has 0 bridgehead atoms. The third-order valence-corrected chi connectivity index (χ3v) is 5.94. The second kappa shape index (κ2) is 8.51. The average molecular weight is 468 g/mol. The summed E-state index contributed by atoms with van der Waals surface area (Å²) in [4.78, 5) is 8.83. The third kappa shape index (κ3) is 4.11. The van der Waals surface area contributed by atoms with Crippen LogP contribution in [-0.4, -0.2) is 31.4 Å². The standard InChI is InChI=1S/C24H23F3N6O/c1-15-13-32(14-28-15)20-10-9-16(12-21(20)34-2)29-23-30-22-18(7-5-11-33(22)31-23)17-6-3-4-8-19(17)24(25,26)27/h3-4,6,8-10,12-14,18H,5,7,11H2,1-2H3,(H,29,31). The van der Waals surface area contributed by atoms with Gasteiger partial charge in [0.2, 0.25) is 5.95 Å². The smallest absolute Gasteiger partial charge is 0.416 e. The number of ether oxygens (including phenoxy) is 1. The van der Waals surface area contributed by atoms with E-state index >= 15 is 0 Å². The van der Waals surface area contributed by atoms with Crippen molar-refractivity contribution in [3.05, 3.63) is 77.6 Å². The van der Waals surface area contributed by atoms with E-state index in [4.69, 9.17) is 4.74 Å². The first-order valence-corrected chi connectivity index (χ1v) is 10.9. The van der Waals surface area contributed by atoms with E-state index in [1.807, 2.05) is 35.9 Å². The van der Waals surface area contributed by atoms with Crippen molar-refractivity contribution >= 4 is 11.6 Å². The number of methoxy groups -OCH3 is 1. The maximum atomic E-state index is 13.6. The number of benzene rings is 2. The lowest BCUT2D eigenvalue weighted by atomic mass is 9.88. The number of hydrogen-bond donors (Lipinski definition) is 1. The zero-order chi connectivity index (χ0) is 23.9. The summed E-state index contributed by atoms with van der Waals surface area (Å²) < 4.78 is 50.0. The molecule has 1 N–H and O–H groups in total. The highest BCUT2D eigenvalue weighted by Crippen LogP contribution is 2.40. The van der Waals surface area contributed by atoms with Crippen LogP contribution in [0.15, 0.2) is 55.0 Å². The SMILES string of the molecule is COc1cc(Nc2nc3n(n2)CCCC3c2ccccc2C(F)(F)F)ccc1-n1cnc(C)c1. The zero-order valence-electron chi connectivity index (χ0n) is 18.7. The summed E-state index contributed by atoms with van der Waals surface area (Å²) in [6.07, 6.45) is 0.489. The molecule has 2 aromatic carbocycles. The van der Waals surface area contributed by atoms with E-state index in [1.165, 1.54) is 12.1 Å². The molecule has 1 atom stereocenters. The number of nitrogens with zero attached hydrogens (tertiary/aromatic N) is 5. The van der Waals surface area contributed by atoms with Crippen LogP contribution in [0.2, 0.25) is 0 Å². The maximum absolute atomic E-state index is 13.6. The van der Waals surface area contributed by atoms with Gasteiger partial charge in [-0.15, -0.1) is 5.10 Å². The number of aryl methyl sites for hydroxylation is 2. The van der Waals surface area contributed by atoms with Crippen molar-refractivity contribution in [3.8, 4) is 11.4 Å². The molecule has 0 saturated carbocycles. The van der Waals surface area contributed by atoms with Gasteiger partial charge in [0.1, 0.15) is 11.6 Å². The number of alkyl halides is 3. The second-order valence-corrected chi connectivity index (χ2v) is 8.23. The predicted octanol–water partition coefficient (Wildman–Crippen LogP) is 5.47. The van der Waals surface area contributed by atoms with Crippen LogP contribution >= 0.6 is 0 Å². The first-order valence-electron chi connectivity index (χ1n) is 10.9. The molecule has 0 fully saturated rings. The highest BCUT2D eigenvalue weighted by Gasteiger charge is 2.37. The van der Waals surface area contributed by atoms with Crippen molar-refractivity contribution in [2.45, 2.75) is 38.4 Å². The fraction of sp³-hybridized carbons (Fsp3) is 0.292. The third-order valence-electron chi connectivity index (χ3n) is 5.94. The second-order valence-electron chi connectivity index (χ2n) is 8.23. The lowest BCUT2D eigenvalue weighted by Gasteiger charge is -2.25. The number of imidazole rings is 1. The zero-order valence-corrected chi connectivity index (χ0v) is 18.7. The average Bonchev–Trinajstić information content (AvgIpc) is 3.43. The molecule has 34 heavy (non-hydrogen) atoms.